The van der Waals surface area contributed by atoms with Crippen molar-refractivity contribution in [2.45, 2.75) is 46.3 Å². The smallest absolute Gasteiger partial charge is 0.320 e. The Labute approximate surface area is 110 Å². The average molecular weight is 248 g/mol. The molecule has 0 aliphatic carbocycles. The second kappa shape index (κ2) is 6.43. The maximum absolute atomic E-state index is 12.4. The predicted octanol–water partition coefficient (Wildman–Crippen LogP) is 3.36. The lowest BCUT2D eigenvalue weighted by molar-refractivity contribution is 0.131. The summed E-state index contributed by atoms with van der Waals surface area (Å²) in [6.07, 6.45) is 0. The Morgan fingerprint density at radius 1 is 1.06 bits per heavy atom. The van der Waals surface area contributed by atoms with Crippen LogP contribution >= 0.6 is 0 Å². The Morgan fingerprint density at radius 3 is 2.00 bits per heavy atom. The van der Waals surface area contributed by atoms with Crippen molar-refractivity contribution < 1.29 is 4.79 Å². The average Bonchev–Trinajstić information content (AvgIpc) is 2.29. The van der Waals surface area contributed by atoms with Crippen LogP contribution < -0.4 is 0 Å². The third-order valence-electron chi connectivity index (χ3n) is 2.92. The van der Waals surface area contributed by atoms with Gasteiger partial charge in [0.25, 0.3) is 0 Å². The zero-order valence-corrected chi connectivity index (χ0v) is 12.1. The van der Waals surface area contributed by atoms with E-state index in [4.69, 9.17) is 0 Å². The maximum Gasteiger partial charge on any atom is 0.320 e. The summed E-state index contributed by atoms with van der Waals surface area (Å²) < 4.78 is 0. The molecule has 0 aliphatic rings. The van der Waals surface area contributed by atoms with Gasteiger partial charge in [0.15, 0.2) is 0 Å². The van der Waals surface area contributed by atoms with E-state index in [1.165, 1.54) is 0 Å². The second-order valence-corrected chi connectivity index (χ2v) is 5.22. The van der Waals surface area contributed by atoms with Crippen molar-refractivity contribution in [1.82, 2.24) is 9.80 Å². The molecule has 1 rings (SSSR count). The van der Waals surface area contributed by atoms with Gasteiger partial charge in [0.1, 0.15) is 0 Å². The van der Waals surface area contributed by atoms with Crippen LogP contribution in [0.25, 0.3) is 0 Å². The summed E-state index contributed by atoms with van der Waals surface area (Å²) in [7, 11) is 1.85. The van der Waals surface area contributed by atoms with Crippen LogP contribution in [0.15, 0.2) is 30.3 Å². The van der Waals surface area contributed by atoms with Crippen molar-refractivity contribution in [3.8, 4) is 0 Å². The van der Waals surface area contributed by atoms with Gasteiger partial charge >= 0.3 is 6.03 Å². The van der Waals surface area contributed by atoms with Crippen molar-refractivity contribution in [2.75, 3.05) is 7.05 Å². The number of rotatable bonds is 4. The van der Waals surface area contributed by atoms with Gasteiger partial charge in [0.05, 0.1) is 0 Å². The summed E-state index contributed by atoms with van der Waals surface area (Å²) >= 11 is 0. The largest absolute Gasteiger partial charge is 0.323 e. The number of hydrogen-bond acceptors (Lipinski definition) is 1. The molecule has 0 N–H and O–H groups in total. The fraction of sp³-hybridized carbons (Fsp3) is 0.533. The number of nitrogens with zero attached hydrogens (tertiary/aromatic N) is 2. The predicted molar refractivity (Wildman–Crippen MR) is 75.4 cm³/mol. The SMILES string of the molecule is CC(C)N(C(=O)N(C)Cc1ccccc1)C(C)C. The van der Waals surface area contributed by atoms with Gasteiger partial charge < -0.3 is 9.80 Å². The zero-order chi connectivity index (χ0) is 13.7. The molecule has 0 spiro atoms. The van der Waals surface area contributed by atoms with E-state index in [1.54, 1.807) is 4.90 Å². The normalized spacial score (nSPS) is 10.8. The lowest BCUT2D eigenvalue weighted by Crippen LogP contribution is -2.48. The van der Waals surface area contributed by atoms with Gasteiger partial charge in [-0.2, -0.15) is 0 Å². The van der Waals surface area contributed by atoms with E-state index in [9.17, 15) is 4.79 Å². The second-order valence-electron chi connectivity index (χ2n) is 5.22. The quantitative estimate of drug-likeness (QED) is 0.801. The number of urea groups is 1. The van der Waals surface area contributed by atoms with Crippen molar-refractivity contribution in [3.05, 3.63) is 35.9 Å². The number of hydrogen-bond donors (Lipinski definition) is 0. The van der Waals surface area contributed by atoms with Crippen LogP contribution in [0.1, 0.15) is 33.3 Å². The van der Waals surface area contributed by atoms with Crippen molar-refractivity contribution in [1.29, 1.82) is 0 Å². The highest BCUT2D eigenvalue weighted by Gasteiger charge is 2.23. The van der Waals surface area contributed by atoms with Crippen LogP contribution in [0.2, 0.25) is 0 Å². The number of benzene rings is 1. The van der Waals surface area contributed by atoms with Crippen LogP contribution in [-0.2, 0) is 6.54 Å². The van der Waals surface area contributed by atoms with Gasteiger partial charge in [-0.15, -0.1) is 0 Å². The highest BCUT2D eigenvalue weighted by atomic mass is 16.2. The van der Waals surface area contributed by atoms with Crippen molar-refractivity contribution in [3.63, 3.8) is 0 Å². The lowest BCUT2D eigenvalue weighted by Gasteiger charge is -2.34. The van der Waals surface area contributed by atoms with Crippen LogP contribution in [0.5, 0.6) is 0 Å². The first kappa shape index (κ1) is 14.6. The first-order chi connectivity index (χ1) is 8.43. The topological polar surface area (TPSA) is 23.6 Å². The number of carbonyl (C=O) groups is 1. The molecule has 0 saturated carbocycles. The number of amides is 2. The Morgan fingerprint density at radius 2 is 1.56 bits per heavy atom. The molecule has 0 bridgehead atoms. The molecule has 1 aromatic rings. The molecule has 18 heavy (non-hydrogen) atoms. The van der Waals surface area contributed by atoms with Gasteiger partial charge in [-0.05, 0) is 33.3 Å². The van der Waals surface area contributed by atoms with Crippen LogP contribution in [0.4, 0.5) is 4.79 Å². The molecule has 0 aliphatic heterocycles. The van der Waals surface area contributed by atoms with Crippen LogP contribution in [0, 0.1) is 0 Å². The molecule has 0 fully saturated rings. The molecular formula is C15H24N2O. The van der Waals surface area contributed by atoms with Crippen molar-refractivity contribution in [2.24, 2.45) is 0 Å². The van der Waals surface area contributed by atoms with Crippen LogP contribution in [0.3, 0.4) is 0 Å². The highest BCUT2D eigenvalue weighted by molar-refractivity contribution is 5.74. The minimum atomic E-state index is 0.0869. The summed E-state index contributed by atoms with van der Waals surface area (Å²) in [6, 6.07) is 10.6. The van der Waals surface area contributed by atoms with E-state index < -0.39 is 0 Å². The van der Waals surface area contributed by atoms with Gasteiger partial charge in [-0.3, -0.25) is 0 Å². The van der Waals surface area contributed by atoms with Gasteiger partial charge in [-0.25, -0.2) is 4.79 Å². The molecule has 3 nitrogen and oxygen atoms in total. The third kappa shape index (κ3) is 3.76. The summed E-state index contributed by atoms with van der Waals surface area (Å²) in [5, 5.41) is 0. The summed E-state index contributed by atoms with van der Waals surface area (Å²) in [6.45, 7) is 8.85. The van der Waals surface area contributed by atoms with E-state index in [0.717, 1.165) is 5.56 Å². The molecule has 1 aromatic carbocycles. The van der Waals surface area contributed by atoms with E-state index in [1.807, 2.05) is 70.0 Å². The van der Waals surface area contributed by atoms with Gasteiger partial charge in [-0.1, -0.05) is 30.3 Å². The van der Waals surface area contributed by atoms with E-state index in [0.29, 0.717) is 6.54 Å². The maximum atomic E-state index is 12.4. The summed E-state index contributed by atoms with van der Waals surface area (Å²) in [5.41, 5.74) is 1.15. The van der Waals surface area contributed by atoms with Gasteiger partial charge in [0, 0.05) is 25.7 Å². The Kier molecular flexibility index (Phi) is 5.20. The fourth-order valence-electron chi connectivity index (χ4n) is 2.16. The minimum Gasteiger partial charge on any atom is -0.323 e. The summed E-state index contributed by atoms with van der Waals surface area (Å²) in [5.74, 6) is 0. The highest BCUT2D eigenvalue weighted by Crippen LogP contribution is 2.11. The van der Waals surface area contributed by atoms with Crippen molar-refractivity contribution >= 4 is 6.03 Å². The molecule has 0 unspecified atom stereocenters. The Balaban J connectivity index is 2.71. The lowest BCUT2D eigenvalue weighted by atomic mass is 10.2. The fourth-order valence-corrected chi connectivity index (χ4v) is 2.16. The van der Waals surface area contributed by atoms with E-state index >= 15 is 0 Å². The third-order valence-corrected chi connectivity index (χ3v) is 2.92. The van der Waals surface area contributed by atoms with E-state index in [-0.39, 0.29) is 18.1 Å². The first-order valence-electron chi connectivity index (χ1n) is 6.50. The molecule has 100 valence electrons. The summed E-state index contributed by atoms with van der Waals surface area (Å²) in [4.78, 5) is 16.1. The zero-order valence-electron chi connectivity index (χ0n) is 12.1. The Bertz CT molecular complexity index is 365. The molecule has 3 heteroatoms. The van der Waals surface area contributed by atoms with Gasteiger partial charge in [0.2, 0.25) is 0 Å². The Hall–Kier alpha value is -1.51. The molecule has 2 amide bonds. The number of carbonyl (C=O) groups excluding carboxylic acids is 1. The van der Waals surface area contributed by atoms with E-state index in [2.05, 4.69) is 0 Å². The van der Waals surface area contributed by atoms with Crippen LogP contribution in [-0.4, -0.2) is 35.0 Å². The monoisotopic (exact) mass is 248 g/mol. The first-order valence-corrected chi connectivity index (χ1v) is 6.50. The molecule has 0 atom stereocenters. The minimum absolute atomic E-state index is 0.0869. The molecule has 0 heterocycles. The molecule has 0 saturated heterocycles. The molecule has 0 aromatic heterocycles. The molecule has 0 radical (unpaired) electrons. The molecular weight excluding hydrogens is 224 g/mol. The standard InChI is InChI=1S/C15H24N2O/c1-12(2)17(13(3)4)15(18)16(5)11-14-9-7-6-8-10-14/h6-10,12-13H,11H2,1-5H3.